The lowest BCUT2D eigenvalue weighted by molar-refractivity contribution is 0.589. The van der Waals surface area contributed by atoms with Gasteiger partial charge in [0.25, 0.3) is 0 Å². The van der Waals surface area contributed by atoms with E-state index < -0.39 is 0 Å². The van der Waals surface area contributed by atoms with Crippen molar-refractivity contribution in [2.24, 2.45) is 0 Å². The predicted molar refractivity (Wildman–Crippen MR) is 106 cm³/mol. The lowest BCUT2D eigenvalue weighted by Crippen LogP contribution is -2.00. The number of fused-ring (bicyclic) bond motifs is 1. The van der Waals surface area contributed by atoms with Crippen LogP contribution in [0.4, 0.5) is 0 Å². The van der Waals surface area contributed by atoms with Crippen LogP contribution in [0.5, 0.6) is 0 Å². The fraction of sp³-hybridized carbons (Fsp3) is 0.286. The second-order valence-corrected chi connectivity index (χ2v) is 5.92. The number of aryl methyl sites for hydroxylation is 1. The number of aromatic nitrogens is 2. The Morgan fingerprint density at radius 1 is 0.875 bits per heavy atom. The molecule has 0 unspecified atom stereocenters. The molecule has 2 nitrogen and oxygen atoms in total. The van der Waals surface area contributed by atoms with E-state index in [1.165, 1.54) is 36.8 Å². The second-order valence-electron chi connectivity index (χ2n) is 5.92. The Labute approximate surface area is 150 Å². The summed E-state index contributed by atoms with van der Waals surface area (Å²) >= 11 is 0. The minimum atomic E-state index is 0. The number of para-hydroxylation sites is 2. The van der Waals surface area contributed by atoms with Crippen molar-refractivity contribution in [3.63, 3.8) is 0 Å². The predicted octanol–water partition coefficient (Wildman–Crippen LogP) is 6.21. The smallest absolute Gasteiger partial charge is 0.133 e. The van der Waals surface area contributed by atoms with E-state index in [0.29, 0.717) is 0 Å². The van der Waals surface area contributed by atoms with Gasteiger partial charge in [-0.1, -0.05) is 74.7 Å². The van der Waals surface area contributed by atoms with Crippen LogP contribution < -0.4 is 0 Å². The standard InChI is InChI=1S/C21H24N2.ClH/c1-2-3-4-10-17-23-20-14-9-8-13-19(20)22-21(23)16-15-18-11-6-5-7-12-18;/h5-9,11-16H,2-4,10,17H2,1H3;1H/b16-15+;. The Morgan fingerprint density at radius 2 is 1.62 bits per heavy atom. The molecular formula is C21H25ClN2. The van der Waals surface area contributed by atoms with Gasteiger partial charge in [-0.2, -0.15) is 0 Å². The molecule has 24 heavy (non-hydrogen) atoms. The number of nitrogens with zero attached hydrogens (tertiary/aromatic N) is 2. The van der Waals surface area contributed by atoms with Gasteiger partial charge in [-0.15, -0.1) is 12.4 Å². The molecule has 0 aliphatic rings. The molecule has 126 valence electrons. The zero-order chi connectivity index (χ0) is 15.9. The Kier molecular flexibility index (Phi) is 7.07. The monoisotopic (exact) mass is 340 g/mol. The molecule has 0 saturated heterocycles. The average Bonchev–Trinajstić information content (AvgIpc) is 2.95. The van der Waals surface area contributed by atoms with Gasteiger partial charge in [0.15, 0.2) is 0 Å². The molecule has 0 spiro atoms. The molecule has 0 aliphatic heterocycles. The molecule has 3 rings (SSSR count). The highest BCUT2D eigenvalue weighted by molar-refractivity contribution is 5.85. The van der Waals surface area contributed by atoms with Crippen molar-refractivity contribution in [3.8, 4) is 0 Å². The third-order valence-electron chi connectivity index (χ3n) is 4.14. The van der Waals surface area contributed by atoms with E-state index in [1.54, 1.807) is 0 Å². The van der Waals surface area contributed by atoms with Gasteiger partial charge in [0.1, 0.15) is 5.82 Å². The van der Waals surface area contributed by atoms with E-state index >= 15 is 0 Å². The Balaban J connectivity index is 0.00000208. The first-order valence-corrected chi connectivity index (χ1v) is 8.57. The first-order valence-electron chi connectivity index (χ1n) is 8.57. The Hall–Kier alpha value is -2.06. The highest BCUT2D eigenvalue weighted by atomic mass is 35.5. The SMILES string of the molecule is CCCCCCn1c(/C=C/c2ccccc2)nc2ccccc21.Cl. The summed E-state index contributed by atoms with van der Waals surface area (Å²) in [5.74, 6) is 1.05. The van der Waals surface area contributed by atoms with Crippen molar-refractivity contribution >= 4 is 35.6 Å². The molecule has 3 aromatic rings. The van der Waals surface area contributed by atoms with Crippen LogP contribution in [0.3, 0.4) is 0 Å². The van der Waals surface area contributed by atoms with E-state index in [9.17, 15) is 0 Å². The number of hydrogen-bond donors (Lipinski definition) is 0. The van der Waals surface area contributed by atoms with Gasteiger partial charge >= 0.3 is 0 Å². The van der Waals surface area contributed by atoms with Gasteiger partial charge in [0.2, 0.25) is 0 Å². The van der Waals surface area contributed by atoms with Gasteiger partial charge in [-0.3, -0.25) is 0 Å². The summed E-state index contributed by atoms with van der Waals surface area (Å²) in [7, 11) is 0. The largest absolute Gasteiger partial charge is 0.324 e. The van der Waals surface area contributed by atoms with Gasteiger partial charge in [-0.05, 0) is 30.2 Å². The van der Waals surface area contributed by atoms with Gasteiger partial charge in [0, 0.05) is 6.54 Å². The Morgan fingerprint density at radius 3 is 2.42 bits per heavy atom. The van der Waals surface area contributed by atoms with Crippen LogP contribution in [0.25, 0.3) is 23.2 Å². The maximum atomic E-state index is 4.80. The average molecular weight is 341 g/mol. The molecule has 0 bridgehead atoms. The molecule has 0 N–H and O–H groups in total. The summed E-state index contributed by atoms with van der Waals surface area (Å²) in [6.45, 7) is 3.29. The zero-order valence-corrected chi connectivity index (χ0v) is 15.0. The maximum absolute atomic E-state index is 4.80. The normalized spacial score (nSPS) is 11.0. The van der Waals surface area contributed by atoms with Crippen LogP contribution in [-0.4, -0.2) is 9.55 Å². The fourth-order valence-corrected chi connectivity index (χ4v) is 2.89. The summed E-state index contributed by atoms with van der Waals surface area (Å²) in [5, 5.41) is 0. The quantitative estimate of drug-likeness (QED) is 0.467. The van der Waals surface area contributed by atoms with Crippen molar-refractivity contribution < 1.29 is 0 Å². The van der Waals surface area contributed by atoms with Crippen molar-refractivity contribution in [1.29, 1.82) is 0 Å². The van der Waals surface area contributed by atoms with E-state index in [1.807, 2.05) is 6.07 Å². The summed E-state index contributed by atoms with van der Waals surface area (Å²) in [5.41, 5.74) is 3.52. The van der Waals surface area contributed by atoms with E-state index in [0.717, 1.165) is 17.9 Å². The number of benzene rings is 2. The minimum Gasteiger partial charge on any atom is -0.324 e. The molecule has 0 atom stereocenters. The van der Waals surface area contributed by atoms with Crippen molar-refractivity contribution in [2.45, 2.75) is 39.2 Å². The second kappa shape index (κ2) is 9.29. The van der Waals surface area contributed by atoms with Crippen LogP contribution in [0.15, 0.2) is 54.6 Å². The molecule has 1 aromatic heterocycles. The number of imidazole rings is 1. The van der Waals surface area contributed by atoms with Gasteiger partial charge < -0.3 is 4.57 Å². The molecule has 2 aromatic carbocycles. The third kappa shape index (κ3) is 4.48. The molecule has 0 aliphatic carbocycles. The maximum Gasteiger partial charge on any atom is 0.133 e. The molecule has 3 heteroatoms. The van der Waals surface area contributed by atoms with Crippen LogP contribution in [0.2, 0.25) is 0 Å². The lowest BCUT2D eigenvalue weighted by atomic mass is 10.2. The van der Waals surface area contributed by atoms with Crippen molar-refractivity contribution in [1.82, 2.24) is 9.55 Å². The zero-order valence-electron chi connectivity index (χ0n) is 14.2. The van der Waals surface area contributed by atoms with E-state index in [-0.39, 0.29) is 12.4 Å². The van der Waals surface area contributed by atoms with E-state index in [2.05, 4.69) is 72.2 Å². The number of unbranched alkanes of at least 4 members (excludes halogenated alkanes) is 3. The Bertz CT molecular complexity index is 775. The summed E-state index contributed by atoms with van der Waals surface area (Å²) in [4.78, 5) is 4.80. The molecule has 0 saturated carbocycles. The first-order chi connectivity index (χ1) is 11.4. The number of rotatable bonds is 7. The summed E-state index contributed by atoms with van der Waals surface area (Å²) < 4.78 is 2.35. The first kappa shape index (κ1) is 18.3. The van der Waals surface area contributed by atoms with Crippen LogP contribution in [0.1, 0.15) is 44.0 Å². The van der Waals surface area contributed by atoms with Gasteiger partial charge in [-0.25, -0.2) is 4.98 Å². The van der Waals surface area contributed by atoms with Crippen molar-refractivity contribution in [2.75, 3.05) is 0 Å². The summed E-state index contributed by atoms with van der Waals surface area (Å²) in [6, 6.07) is 18.8. The van der Waals surface area contributed by atoms with Gasteiger partial charge in [0.05, 0.1) is 11.0 Å². The van der Waals surface area contributed by atoms with Crippen LogP contribution in [-0.2, 0) is 6.54 Å². The topological polar surface area (TPSA) is 17.8 Å². The fourth-order valence-electron chi connectivity index (χ4n) is 2.89. The van der Waals surface area contributed by atoms with Crippen molar-refractivity contribution in [3.05, 3.63) is 66.0 Å². The minimum absolute atomic E-state index is 0. The lowest BCUT2D eigenvalue weighted by Gasteiger charge is -2.07. The molecule has 0 radical (unpaired) electrons. The van der Waals surface area contributed by atoms with Crippen LogP contribution in [0, 0.1) is 0 Å². The van der Waals surface area contributed by atoms with E-state index in [4.69, 9.17) is 4.98 Å². The third-order valence-corrected chi connectivity index (χ3v) is 4.14. The molecule has 1 heterocycles. The molecule has 0 amide bonds. The molecular weight excluding hydrogens is 316 g/mol. The highest BCUT2D eigenvalue weighted by Crippen LogP contribution is 2.19. The molecule has 0 fully saturated rings. The summed E-state index contributed by atoms with van der Waals surface area (Å²) in [6.07, 6.45) is 9.34. The van der Waals surface area contributed by atoms with Crippen LogP contribution >= 0.6 is 12.4 Å². The number of halogens is 1. The highest BCUT2D eigenvalue weighted by Gasteiger charge is 2.07. The number of hydrogen-bond acceptors (Lipinski definition) is 1.